The number of amides is 1. The van der Waals surface area contributed by atoms with E-state index in [9.17, 15) is 14.0 Å². The van der Waals surface area contributed by atoms with Crippen LogP contribution in [-0.4, -0.2) is 22.2 Å². The van der Waals surface area contributed by atoms with Gasteiger partial charge in [0.25, 0.3) is 5.89 Å². The van der Waals surface area contributed by atoms with Crippen LogP contribution in [0.1, 0.15) is 5.56 Å². The zero-order chi connectivity index (χ0) is 16.9. The largest absolute Gasteiger partial charge is 0.437 e. The summed E-state index contributed by atoms with van der Waals surface area (Å²) in [7, 11) is 0. The molecule has 2 aromatic heterocycles. The lowest BCUT2D eigenvalue weighted by molar-refractivity contribution is -0.121. The van der Waals surface area contributed by atoms with Gasteiger partial charge in [-0.3, -0.25) is 4.79 Å². The Morgan fingerprint density at radius 2 is 2.12 bits per heavy atom. The van der Waals surface area contributed by atoms with Crippen LogP contribution in [0.15, 0.2) is 51.0 Å². The monoisotopic (exact) mass is 347 g/mol. The number of carbonyl (C=O) groups is 1. The molecule has 0 spiro atoms. The molecule has 3 rings (SSSR count). The molecule has 0 saturated carbocycles. The Balaban J connectivity index is 1.56. The van der Waals surface area contributed by atoms with Gasteiger partial charge in [0.05, 0.1) is 4.88 Å². The number of nitrogens with zero attached hydrogens (tertiary/aromatic N) is 2. The van der Waals surface area contributed by atoms with E-state index in [-0.39, 0.29) is 30.7 Å². The molecule has 1 N–H and O–H groups in total. The number of benzene rings is 1. The molecule has 0 atom stereocenters. The van der Waals surface area contributed by atoms with E-state index in [1.165, 1.54) is 17.4 Å². The van der Waals surface area contributed by atoms with Crippen LogP contribution in [0, 0.1) is 5.82 Å². The van der Waals surface area contributed by atoms with Gasteiger partial charge in [-0.1, -0.05) is 24.3 Å². The molecule has 0 fully saturated rings. The summed E-state index contributed by atoms with van der Waals surface area (Å²) in [6.45, 7) is 0.0229. The van der Waals surface area contributed by atoms with E-state index in [0.29, 0.717) is 16.9 Å². The lowest BCUT2D eigenvalue weighted by atomic mass is 10.1. The maximum atomic E-state index is 13.5. The molecule has 0 bridgehead atoms. The van der Waals surface area contributed by atoms with E-state index in [0.717, 1.165) is 4.68 Å². The van der Waals surface area contributed by atoms with Crippen molar-refractivity contribution < 1.29 is 13.6 Å². The molecule has 124 valence electrons. The van der Waals surface area contributed by atoms with Crippen LogP contribution in [0.5, 0.6) is 0 Å². The Labute approximate surface area is 140 Å². The zero-order valence-corrected chi connectivity index (χ0v) is 13.4. The van der Waals surface area contributed by atoms with Crippen LogP contribution in [0.2, 0.25) is 0 Å². The highest BCUT2D eigenvalue weighted by Crippen LogP contribution is 2.20. The zero-order valence-electron chi connectivity index (χ0n) is 12.6. The maximum absolute atomic E-state index is 13.5. The third-order valence-electron chi connectivity index (χ3n) is 3.31. The molecule has 0 aliphatic carbocycles. The molecule has 0 aliphatic heterocycles. The molecule has 6 nitrogen and oxygen atoms in total. The first-order chi connectivity index (χ1) is 11.6. The van der Waals surface area contributed by atoms with E-state index in [4.69, 9.17) is 4.42 Å². The lowest BCUT2D eigenvalue weighted by Crippen LogP contribution is -2.32. The highest BCUT2D eigenvalue weighted by Gasteiger charge is 2.13. The van der Waals surface area contributed by atoms with Crippen LogP contribution in [0.25, 0.3) is 10.8 Å². The van der Waals surface area contributed by atoms with Crippen molar-refractivity contribution in [1.82, 2.24) is 15.1 Å². The number of rotatable bonds is 6. The summed E-state index contributed by atoms with van der Waals surface area (Å²) in [6.07, 6.45) is 0.368. The predicted molar refractivity (Wildman–Crippen MR) is 87.2 cm³/mol. The van der Waals surface area contributed by atoms with E-state index >= 15 is 0 Å². The molecule has 3 aromatic rings. The fourth-order valence-corrected chi connectivity index (χ4v) is 2.78. The SMILES string of the molecule is O=C(Cn1nc(-c2cccs2)oc1=O)NCCc1ccccc1F. The van der Waals surface area contributed by atoms with E-state index in [1.807, 2.05) is 11.4 Å². The number of aromatic nitrogens is 2. The quantitative estimate of drug-likeness (QED) is 0.740. The summed E-state index contributed by atoms with van der Waals surface area (Å²) < 4.78 is 19.5. The van der Waals surface area contributed by atoms with Gasteiger partial charge in [-0.2, -0.15) is 4.68 Å². The molecule has 1 aromatic carbocycles. The second-order valence-electron chi connectivity index (χ2n) is 5.00. The predicted octanol–water partition coefficient (Wildman–Crippen LogP) is 2.06. The van der Waals surface area contributed by atoms with Gasteiger partial charge in [0, 0.05) is 6.54 Å². The Morgan fingerprint density at radius 3 is 2.88 bits per heavy atom. The number of halogens is 1. The van der Waals surface area contributed by atoms with Gasteiger partial charge in [0.1, 0.15) is 12.4 Å². The molecule has 24 heavy (non-hydrogen) atoms. The van der Waals surface area contributed by atoms with Gasteiger partial charge in [0.2, 0.25) is 5.91 Å². The summed E-state index contributed by atoms with van der Waals surface area (Å²) in [5.41, 5.74) is 0.524. The fourth-order valence-electron chi connectivity index (χ4n) is 2.14. The standard InChI is InChI=1S/C16H14FN3O3S/c17-12-5-2-1-4-11(12)7-8-18-14(21)10-20-16(22)23-15(19-20)13-6-3-9-24-13/h1-6,9H,7-8,10H2,(H,18,21). The molecule has 0 aliphatic rings. The van der Waals surface area contributed by atoms with Gasteiger partial charge in [-0.15, -0.1) is 16.4 Å². The van der Waals surface area contributed by atoms with Gasteiger partial charge >= 0.3 is 5.76 Å². The molecule has 0 saturated heterocycles. The average Bonchev–Trinajstić information content (AvgIpc) is 3.20. The molecular weight excluding hydrogens is 333 g/mol. The summed E-state index contributed by atoms with van der Waals surface area (Å²) in [5.74, 6) is -1.20. The second-order valence-corrected chi connectivity index (χ2v) is 5.95. The van der Waals surface area contributed by atoms with Crippen molar-refractivity contribution in [3.05, 3.63) is 63.7 Å². The van der Waals surface area contributed by atoms with Gasteiger partial charge in [-0.05, 0) is 29.5 Å². The van der Waals surface area contributed by atoms with Crippen molar-refractivity contribution in [1.29, 1.82) is 0 Å². The first-order valence-corrected chi connectivity index (χ1v) is 8.13. The number of nitrogens with one attached hydrogen (secondary N) is 1. The third-order valence-corrected chi connectivity index (χ3v) is 4.16. The maximum Gasteiger partial charge on any atom is 0.437 e. The highest BCUT2D eigenvalue weighted by molar-refractivity contribution is 7.13. The minimum absolute atomic E-state index is 0.189. The molecule has 2 heterocycles. The molecule has 8 heteroatoms. The van der Waals surface area contributed by atoms with Gasteiger partial charge < -0.3 is 9.73 Å². The van der Waals surface area contributed by atoms with Crippen molar-refractivity contribution in [3.8, 4) is 10.8 Å². The highest BCUT2D eigenvalue weighted by atomic mass is 32.1. The van der Waals surface area contributed by atoms with Crippen molar-refractivity contribution in [3.63, 3.8) is 0 Å². The fraction of sp³-hybridized carbons (Fsp3) is 0.188. The summed E-state index contributed by atoms with van der Waals surface area (Å²) in [6, 6.07) is 9.97. The number of thiophene rings is 1. The van der Waals surface area contributed by atoms with Gasteiger partial charge in [-0.25, -0.2) is 9.18 Å². The number of carbonyl (C=O) groups excluding carboxylic acids is 1. The molecule has 0 unspecified atom stereocenters. The summed E-state index contributed by atoms with van der Waals surface area (Å²) in [4.78, 5) is 24.3. The third kappa shape index (κ3) is 3.77. The summed E-state index contributed by atoms with van der Waals surface area (Å²) in [5, 5.41) is 8.47. The first-order valence-electron chi connectivity index (χ1n) is 7.25. The lowest BCUT2D eigenvalue weighted by Gasteiger charge is -2.05. The van der Waals surface area contributed by atoms with Crippen molar-refractivity contribution >= 4 is 17.2 Å². The minimum Gasteiger partial charge on any atom is -0.387 e. The molecular formula is C16H14FN3O3S. The smallest absolute Gasteiger partial charge is 0.387 e. The Hall–Kier alpha value is -2.74. The Morgan fingerprint density at radius 1 is 1.29 bits per heavy atom. The number of hydrogen-bond donors (Lipinski definition) is 1. The Kier molecular flexibility index (Phi) is 4.85. The second kappa shape index (κ2) is 7.22. The van der Waals surface area contributed by atoms with E-state index in [1.54, 1.807) is 24.3 Å². The normalized spacial score (nSPS) is 10.7. The molecule has 0 radical (unpaired) electrons. The first kappa shape index (κ1) is 16.1. The van der Waals surface area contributed by atoms with E-state index in [2.05, 4.69) is 10.4 Å². The topological polar surface area (TPSA) is 77.1 Å². The van der Waals surface area contributed by atoms with Crippen LogP contribution < -0.4 is 11.1 Å². The minimum atomic E-state index is -0.692. The Bertz CT molecular complexity index is 886. The van der Waals surface area contributed by atoms with Gasteiger partial charge in [0.15, 0.2) is 0 Å². The van der Waals surface area contributed by atoms with Crippen LogP contribution in [0.4, 0.5) is 4.39 Å². The molecule has 1 amide bonds. The van der Waals surface area contributed by atoms with Crippen LogP contribution >= 0.6 is 11.3 Å². The average molecular weight is 347 g/mol. The summed E-state index contributed by atoms with van der Waals surface area (Å²) >= 11 is 1.39. The van der Waals surface area contributed by atoms with Crippen molar-refractivity contribution in [2.24, 2.45) is 0 Å². The number of hydrogen-bond acceptors (Lipinski definition) is 5. The van der Waals surface area contributed by atoms with Crippen LogP contribution in [0.3, 0.4) is 0 Å². The van der Waals surface area contributed by atoms with E-state index < -0.39 is 5.76 Å². The van der Waals surface area contributed by atoms with Crippen molar-refractivity contribution in [2.45, 2.75) is 13.0 Å². The van der Waals surface area contributed by atoms with Crippen molar-refractivity contribution in [2.75, 3.05) is 6.54 Å². The van der Waals surface area contributed by atoms with Crippen LogP contribution in [-0.2, 0) is 17.8 Å².